The van der Waals surface area contributed by atoms with Gasteiger partial charge in [-0.15, -0.1) is 0 Å². The molecule has 0 bridgehead atoms. The van der Waals surface area contributed by atoms with Gasteiger partial charge in [-0.2, -0.15) is 4.98 Å². The van der Waals surface area contributed by atoms with Crippen molar-refractivity contribution in [2.75, 3.05) is 28.8 Å². The third-order valence-corrected chi connectivity index (χ3v) is 6.21. The Hall–Kier alpha value is -1.57. The Balaban J connectivity index is 1.79. The Labute approximate surface area is 150 Å². The van der Waals surface area contributed by atoms with Crippen LogP contribution < -0.4 is 10.2 Å². The SMILES string of the molecule is CN(c1nccc(Nc2ccc(Cl)cc2Cl)n1)C1CCS(=O)(=O)C1. The highest BCUT2D eigenvalue weighted by atomic mass is 35.5. The van der Waals surface area contributed by atoms with Gasteiger partial charge in [-0.3, -0.25) is 0 Å². The highest BCUT2D eigenvalue weighted by Gasteiger charge is 2.31. The molecule has 24 heavy (non-hydrogen) atoms. The van der Waals surface area contributed by atoms with E-state index in [0.29, 0.717) is 33.9 Å². The number of sulfone groups is 1. The third kappa shape index (κ3) is 3.91. The maximum atomic E-state index is 11.6. The van der Waals surface area contributed by atoms with Crippen molar-refractivity contribution in [3.63, 3.8) is 0 Å². The van der Waals surface area contributed by atoms with E-state index in [4.69, 9.17) is 23.2 Å². The van der Waals surface area contributed by atoms with Crippen molar-refractivity contribution in [2.24, 2.45) is 0 Å². The zero-order valence-corrected chi connectivity index (χ0v) is 15.2. The zero-order chi connectivity index (χ0) is 17.3. The van der Waals surface area contributed by atoms with Crippen molar-refractivity contribution in [1.82, 2.24) is 9.97 Å². The summed E-state index contributed by atoms with van der Waals surface area (Å²) in [5.74, 6) is 1.37. The quantitative estimate of drug-likeness (QED) is 0.869. The van der Waals surface area contributed by atoms with Crippen molar-refractivity contribution in [1.29, 1.82) is 0 Å². The number of rotatable bonds is 4. The molecule has 1 aliphatic heterocycles. The smallest absolute Gasteiger partial charge is 0.227 e. The molecule has 9 heteroatoms. The van der Waals surface area contributed by atoms with Gasteiger partial charge in [0.1, 0.15) is 5.82 Å². The molecule has 1 aromatic carbocycles. The maximum absolute atomic E-state index is 11.6. The summed E-state index contributed by atoms with van der Waals surface area (Å²) < 4.78 is 23.3. The summed E-state index contributed by atoms with van der Waals surface area (Å²) in [6.45, 7) is 0. The van der Waals surface area contributed by atoms with Crippen molar-refractivity contribution in [3.05, 3.63) is 40.5 Å². The van der Waals surface area contributed by atoms with Crippen LogP contribution in [0.2, 0.25) is 10.0 Å². The molecule has 1 fully saturated rings. The number of hydrogen-bond acceptors (Lipinski definition) is 6. The van der Waals surface area contributed by atoms with Crippen LogP contribution in [-0.4, -0.2) is 43.0 Å². The van der Waals surface area contributed by atoms with Crippen LogP contribution in [0.25, 0.3) is 0 Å². The molecule has 0 radical (unpaired) electrons. The molecule has 128 valence electrons. The zero-order valence-electron chi connectivity index (χ0n) is 12.9. The topological polar surface area (TPSA) is 75.2 Å². The Morgan fingerprint density at radius 2 is 2.08 bits per heavy atom. The molecule has 2 aromatic rings. The van der Waals surface area contributed by atoms with Gasteiger partial charge in [0.05, 0.1) is 22.2 Å². The van der Waals surface area contributed by atoms with Crippen molar-refractivity contribution >= 4 is 50.5 Å². The second-order valence-corrected chi connectivity index (χ2v) is 8.73. The van der Waals surface area contributed by atoms with E-state index in [1.54, 1.807) is 42.4 Å². The van der Waals surface area contributed by atoms with Crippen molar-refractivity contribution < 1.29 is 8.42 Å². The third-order valence-electron chi connectivity index (χ3n) is 3.91. The number of anilines is 3. The fraction of sp³-hybridized carbons (Fsp3) is 0.333. The lowest BCUT2D eigenvalue weighted by atomic mass is 10.2. The van der Waals surface area contributed by atoms with Gasteiger partial charge in [0.15, 0.2) is 9.84 Å². The van der Waals surface area contributed by atoms with Gasteiger partial charge in [-0.05, 0) is 30.7 Å². The number of halogens is 2. The normalized spacial score (nSPS) is 19.2. The van der Waals surface area contributed by atoms with Crippen LogP contribution in [0.5, 0.6) is 0 Å². The molecule has 3 rings (SSSR count). The molecule has 1 aromatic heterocycles. The fourth-order valence-corrected chi connectivity index (χ4v) is 4.79. The van der Waals surface area contributed by atoms with E-state index in [1.165, 1.54) is 0 Å². The van der Waals surface area contributed by atoms with E-state index in [2.05, 4.69) is 15.3 Å². The van der Waals surface area contributed by atoms with E-state index in [9.17, 15) is 8.42 Å². The lowest BCUT2D eigenvalue weighted by molar-refractivity contribution is 0.600. The summed E-state index contributed by atoms with van der Waals surface area (Å²) in [5, 5.41) is 4.15. The first kappa shape index (κ1) is 17.3. The van der Waals surface area contributed by atoms with E-state index in [0.717, 1.165) is 0 Å². The fourth-order valence-electron chi connectivity index (χ4n) is 2.56. The van der Waals surface area contributed by atoms with Gasteiger partial charge >= 0.3 is 0 Å². The second kappa shape index (κ2) is 6.74. The van der Waals surface area contributed by atoms with Gasteiger partial charge in [0, 0.05) is 24.3 Å². The van der Waals surface area contributed by atoms with E-state index in [-0.39, 0.29) is 17.5 Å². The van der Waals surface area contributed by atoms with Gasteiger partial charge in [-0.25, -0.2) is 13.4 Å². The average molecular weight is 387 g/mol. The Bertz CT molecular complexity index is 860. The lowest BCUT2D eigenvalue weighted by Gasteiger charge is -2.23. The van der Waals surface area contributed by atoms with Crippen LogP contribution in [0.3, 0.4) is 0 Å². The lowest BCUT2D eigenvalue weighted by Crippen LogP contribution is -2.33. The number of nitrogens with zero attached hydrogens (tertiary/aromatic N) is 3. The molecule has 1 aliphatic rings. The minimum Gasteiger partial charge on any atom is -0.340 e. The summed E-state index contributed by atoms with van der Waals surface area (Å²) in [4.78, 5) is 10.5. The first-order valence-corrected chi connectivity index (χ1v) is 9.90. The number of hydrogen-bond donors (Lipinski definition) is 1. The Kier molecular flexibility index (Phi) is 4.85. The van der Waals surface area contributed by atoms with E-state index < -0.39 is 9.84 Å². The van der Waals surface area contributed by atoms with Crippen LogP contribution in [0, 0.1) is 0 Å². The monoisotopic (exact) mass is 386 g/mol. The summed E-state index contributed by atoms with van der Waals surface area (Å²) in [6.07, 6.45) is 2.21. The minimum atomic E-state index is -2.96. The van der Waals surface area contributed by atoms with Crippen LogP contribution >= 0.6 is 23.2 Å². The van der Waals surface area contributed by atoms with Crippen LogP contribution in [0.15, 0.2) is 30.5 Å². The molecule has 2 heterocycles. The summed E-state index contributed by atoms with van der Waals surface area (Å²) in [5.41, 5.74) is 0.678. The largest absolute Gasteiger partial charge is 0.340 e. The predicted molar refractivity (Wildman–Crippen MR) is 97.2 cm³/mol. The molecule has 6 nitrogen and oxygen atoms in total. The maximum Gasteiger partial charge on any atom is 0.227 e. The first-order chi connectivity index (χ1) is 11.3. The predicted octanol–water partition coefficient (Wildman–Crippen LogP) is 3.15. The van der Waals surface area contributed by atoms with Crippen LogP contribution in [0.4, 0.5) is 17.5 Å². The van der Waals surface area contributed by atoms with Gasteiger partial charge in [0.2, 0.25) is 5.95 Å². The van der Waals surface area contributed by atoms with E-state index in [1.807, 2.05) is 0 Å². The van der Waals surface area contributed by atoms with Gasteiger partial charge in [-0.1, -0.05) is 23.2 Å². The Morgan fingerprint density at radius 3 is 2.75 bits per heavy atom. The Morgan fingerprint density at radius 1 is 1.29 bits per heavy atom. The number of benzene rings is 1. The molecule has 0 spiro atoms. The van der Waals surface area contributed by atoms with Gasteiger partial charge in [0.25, 0.3) is 0 Å². The molecule has 0 aliphatic carbocycles. The summed E-state index contributed by atoms with van der Waals surface area (Å²) in [6, 6.07) is 6.74. The molecule has 1 N–H and O–H groups in total. The van der Waals surface area contributed by atoms with Gasteiger partial charge < -0.3 is 10.2 Å². The molecule has 1 unspecified atom stereocenters. The summed E-state index contributed by atoms with van der Waals surface area (Å²) in [7, 11) is -1.15. The standard InChI is InChI=1S/C15H16Cl2N4O2S/c1-21(11-5-7-24(22,23)9-11)15-18-6-4-14(20-15)19-13-3-2-10(16)8-12(13)17/h2-4,6,8,11H,5,7,9H2,1H3,(H,18,19,20). The molecule has 0 amide bonds. The average Bonchev–Trinajstić information content (AvgIpc) is 2.90. The molecule has 1 saturated heterocycles. The highest BCUT2D eigenvalue weighted by Crippen LogP contribution is 2.28. The molecule has 1 atom stereocenters. The van der Waals surface area contributed by atoms with Crippen molar-refractivity contribution in [3.8, 4) is 0 Å². The second-order valence-electron chi connectivity index (χ2n) is 5.66. The van der Waals surface area contributed by atoms with E-state index >= 15 is 0 Å². The highest BCUT2D eigenvalue weighted by molar-refractivity contribution is 7.91. The molecular weight excluding hydrogens is 371 g/mol. The number of nitrogens with one attached hydrogen (secondary N) is 1. The summed E-state index contributed by atoms with van der Waals surface area (Å²) >= 11 is 12.0. The first-order valence-electron chi connectivity index (χ1n) is 7.32. The van der Waals surface area contributed by atoms with Crippen molar-refractivity contribution in [2.45, 2.75) is 12.5 Å². The van der Waals surface area contributed by atoms with Crippen LogP contribution in [-0.2, 0) is 9.84 Å². The molecular formula is C15H16Cl2N4O2S. The number of aromatic nitrogens is 2. The molecule has 0 saturated carbocycles. The van der Waals surface area contributed by atoms with Crippen LogP contribution in [0.1, 0.15) is 6.42 Å². The minimum absolute atomic E-state index is 0.107.